The number of nitrogens with zero attached hydrogens (tertiary/aromatic N) is 1. The van der Waals surface area contributed by atoms with Gasteiger partial charge in [0.1, 0.15) is 0 Å². The Morgan fingerprint density at radius 3 is 2.50 bits per heavy atom. The molecule has 0 radical (unpaired) electrons. The van der Waals surface area contributed by atoms with Crippen molar-refractivity contribution in [2.45, 2.75) is 13.2 Å². The van der Waals surface area contributed by atoms with Gasteiger partial charge in [0.05, 0.1) is 6.61 Å². The van der Waals surface area contributed by atoms with Crippen molar-refractivity contribution in [1.82, 2.24) is 4.90 Å². The molecule has 0 aromatic carbocycles. The lowest BCUT2D eigenvalue weighted by Gasteiger charge is -2.08. The lowest BCUT2D eigenvalue weighted by molar-refractivity contribution is -0.129. The van der Waals surface area contributed by atoms with Crippen molar-refractivity contribution in [3.8, 4) is 0 Å². The molecule has 1 saturated heterocycles. The van der Waals surface area contributed by atoms with Crippen molar-refractivity contribution in [2.75, 3.05) is 13.7 Å². The fraction of sp³-hybridized carbons (Fsp3) is 0.800. The Morgan fingerprint density at radius 2 is 2.38 bits per heavy atom. The molecule has 0 aliphatic carbocycles. The van der Waals surface area contributed by atoms with E-state index >= 15 is 0 Å². The van der Waals surface area contributed by atoms with Gasteiger partial charge in [0, 0.05) is 14.0 Å². The predicted octanol–water partition coefficient (Wildman–Crippen LogP) is -0.179. The Hall–Kier alpha value is -0.570. The third-order valence-corrected chi connectivity index (χ3v) is 1.24. The molecule has 0 bridgehead atoms. The number of likely N-dealkylation sites (N-methyl/N-ethyl adjacent to an activating group) is 1. The Kier molecular flexibility index (Phi) is 1.21. The monoisotopic (exact) mass is 115 g/mol. The van der Waals surface area contributed by atoms with Gasteiger partial charge in [0.2, 0.25) is 5.91 Å². The summed E-state index contributed by atoms with van der Waals surface area (Å²) >= 11 is 0. The van der Waals surface area contributed by atoms with Crippen LogP contribution in [0, 0.1) is 0 Å². The van der Waals surface area contributed by atoms with E-state index in [9.17, 15) is 4.79 Å². The molecular formula is C5H9NO2. The van der Waals surface area contributed by atoms with Crippen LogP contribution in [-0.2, 0) is 9.53 Å². The molecule has 1 amide bonds. The molecule has 1 fully saturated rings. The van der Waals surface area contributed by atoms with Gasteiger partial charge in [-0.15, -0.1) is 0 Å². The predicted molar refractivity (Wildman–Crippen MR) is 28.2 cm³/mol. The first-order valence-electron chi connectivity index (χ1n) is 2.57. The van der Waals surface area contributed by atoms with Crippen molar-refractivity contribution in [3.05, 3.63) is 0 Å². The molecule has 1 aliphatic heterocycles. The van der Waals surface area contributed by atoms with E-state index in [-0.39, 0.29) is 12.1 Å². The number of carbonyl (C=O) groups excluding carboxylic acids is 1. The summed E-state index contributed by atoms with van der Waals surface area (Å²) in [6, 6.07) is 0. The first-order valence-corrected chi connectivity index (χ1v) is 2.57. The Morgan fingerprint density at radius 1 is 1.88 bits per heavy atom. The zero-order valence-corrected chi connectivity index (χ0v) is 5.05. The van der Waals surface area contributed by atoms with Crippen LogP contribution < -0.4 is 0 Å². The van der Waals surface area contributed by atoms with Crippen LogP contribution in [0.3, 0.4) is 0 Å². The van der Waals surface area contributed by atoms with Gasteiger partial charge < -0.3 is 9.64 Å². The van der Waals surface area contributed by atoms with Gasteiger partial charge in [0.15, 0.2) is 6.23 Å². The summed E-state index contributed by atoms with van der Waals surface area (Å²) in [6.45, 7) is 2.23. The highest BCUT2D eigenvalue weighted by Crippen LogP contribution is 2.12. The number of hydrogen-bond donors (Lipinski definition) is 0. The third kappa shape index (κ3) is 0.980. The Balaban J connectivity index is 2.32. The maximum absolute atomic E-state index is 10.5. The number of rotatable bonds is 1. The van der Waals surface area contributed by atoms with Gasteiger partial charge in [-0.3, -0.25) is 4.79 Å². The smallest absolute Gasteiger partial charge is 0.221 e. The second-order valence-corrected chi connectivity index (χ2v) is 1.92. The SMILES string of the molecule is CC(=O)N(C)C1CO1. The van der Waals surface area contributed by atoms with Crippen LogP contribution >= 0.6 is 0 Å². The first kappa shape index (κ1) is 5.56. The molecule has 1 heterocycles. The summed E-state index contributed by atoms with van der Waals surface area (Å²) in [5.74, 6) is 0.0625. The van der Waals surface area contributed by atoms with E-state index < -0.39 is 0 Å². The number of amides is 1. The van der Waals surface area contributed by atoms with E-state index in [4.69, 9.17) is 4.74 Å². The molecule has 8 heavy (non-hydrogen) atoms. The standard InChI is InChI=1S/C5H9NO2/c1-4(7)6(2)5-3-8-5/h5H,3H2,1-2H3. The van der Waals surface area contributed by atoms with Crippen LogP contribution in [0.25, 0.3) is 0 Å². The molecular weight excluding hydrogens is 106 g/mol. The summed E-state index contributed by atoms with van der Waals surface area (Å²) in [4.78, 5) is 12.1. The van der Waals surface area contributed by atoms with Gasteiger partial charge in [-0.1, -0.05) is 0 Å². The highest BCUT2D eigenvalue weighted by Gasteiger charge is 2.28. The van der Waals surface area contributed by atoms with Gasteiger partial charge in [-0.2, -0.15) is 0 Å². The number of ether oxygens (including phenoxy) is 1. The van der Waals surface area contributed by atoms with Crippen molar-refractivity contribution < 1.29 is 9.53 Å². The van der Waals surface area contributed by atoms with Crippen LogP contribution in [0.2, 0.25) is 0 Å². The largest absolute Gasteiger partial charge is 0.351 e. The third-order valence-electron chi connectivity index (χ3n) is 1.24. The molecule has 1 atom stereocenters. The van der Waals surface area contributed by atoms with Crippen LogP contribution in [-0.4, -0.2) is 30.7 Å². The average molecular weight is 115 g/mol. The van der Waals surface area contributed by atoms with Crippen molar-refractivity contribution >= 4 is 5.91 Å². The lowest BCUT2D eigenvalue weighted by Crippen LogP contribution is -2.26. The highest BCUT2D eigenvalue weighted by molar-refractivity contribution is 5.73. The maximum atomic E-state index is 10.5. The van der Waals surface area contributed by atoms with E-state index in [0.717, 1.165) is 0 Å². The van der Waals surface area contributed by atoms with Crippen molar-refractivity contribution in [1.29, 1.82) is 0 Å². The highest BCUT2D eigenvalue weighted by atomic mass is 16.6. The molecule has 46 valence electrons. The summed E-state index contributed by atoms with van der Waals surface area (Å²) in [7, 11) is 1.74. The maximum Gasteiger partial charge on any atom is 0.221 e. The molecule has 1 rings (SSSR count). The van der Waals surface area contributed by atoms with Crippen molar-refractivity contribution in [2.24, 2.45) is 0 Å². The van der Waals surface area contributed by atoms with E-state index in [1.54, 1.807) is 11.9 Å². The zero-order valence-electron chi connectivity index (χ0n) is 5.05. The normalized spacial score (nSPS) is 25.0. The molecule has 3 heteroatoms. The summed E-state index contributed by atoms with van der Waals surface area (Å²) in [5.41, 5.74) is 0. The van der Waals surface area contributed by atoms with Gasteiger partial charge in [-0.05, 0) is 0 Å². The van der Waals surface area contributed by atoms with Gasteiger partial charge in [-0.25, -0.2) is 0 Å². The minimum Gasteiger partial charge on any atom is -0.351 e. The fourth-order valence-electron chi connectivity index (χ4n) is 0.469. The Bertz CT molecular complexity index is 109. The minimum absolute atomic E-state index is 0.0625. The molecule has 0 N–H and O–H groups in total. The average Bonchev–Trinajstić information content (AvgIpc) is 2.43. The topological polar surface area (TPSA) is 32.8 Å². The second-order valence-electron chi connectivity index (χ2n) is 1.92. The van der Waals surface area contributed by atoms with Crippen LogP contribution in [0.4, 0.5) is 0 Å². The summed E-state index contributed by atoms with van der Waals surface area (Å²) < 4.78 is 4.84. The fourth-order valence-corrected chi connectivity index (χ4v) is 0.469. The van der Waals surface area contributed by atoms with E-state index in [1.165, 1.54) is 6.92 Å². The molecule has 0 saturated carbocycles. The first-order chi connectivity index (χ1) is 3.72. The summed E-state index contributed by atoms with van der Waals surface area (Å²) in [5, 5.41) is 0. The number of carbonyl (C=O) groups is 1. The number of epoxide rings is 1. The molecule has 3 nitrogen and oxygen atoms in total. The molecule has 0 spiro atoms. The minimum atomic E-state index is 0.0625. The van der Waals surface area contributed by atoms with E-state index in [2.05, 4.69) is 0 Å². The lowest BCUT2D eigenvalue weighted by atomic mass is 10.5. The van der Waals surface area contributed by atoms with Crippen LogP contribution in [0.1, 0.15) is 6.92 Å². The molecule has 1 unspecified atom stereocenters. The quantitative estimate of drug-likeness (QED) is 0.444. The van der Waals surface area contributed by atoms with E-state index in [1.807, 2.05) is 0 Å². The van der Waals surface area contributed by atoms with Gasteiger partial charge >= 0.3 is 0 Å². The molecule has 0 aromatic rings. The molecule has 1 aliphatic rings. The van der Waals surface area contributed by atoms with Crippen molar-refractivity contribution in [3.63, 3.8) is 0 Å². The van der Waals surface area contributed by atoms with E-state index in [0.29, 0.717) is 6.61 Å². The van der Waals surface area contributed by atoms with Crippen LogP contribution in [0.15, 0.2) is 0 Å². The molecule has 0 aromatic heterocycles. The second kappa shape index (κ2) is 1.74. The zero-order chi connectivity index (χ0) is 6.15. The Labute approximate surface area is 48.2 Å². The van der Waals surface area contributed by atoms with Gasteiger partial charge in [0.25, 0.3) is 0 Å². The number of hydrogen-bond acceptors (Lipinski definition) is 2. The van der Waals surface area contributed by atoms with Crippen LogP contribution in [0.5, 0.6) is 0 Å². The summed E-state index contributed by atoms with van der Waals surface area (Å²) in [6.07, 6.45) is 0.0764.